The molecule has 1 heterocycles. The van der Waals surface area contributed by atoms with Crippen LogP contribution in [0.1, 0.15) is 55.2 Å². The summed E-state index contributed by atoms with van der Waals surface area (Å²) in [5, 5.41) is 29.7. The van der Waals surface area contributed by atoms with Gasteiger partial charge in [0.25, 0.3) is 0 Å². The van der Waals surface area contributed by atoms with Crippen LogP contribution < -0.4 is 5.32 Å². The summed E-state index contributed by atoms with van der Waals surface area (Å²) in [5.41, 5.74) is 1.66. The molecule has 3 N–H and O–H groups in total. The average molecular weight is 281 g/mol. The lowest BCUT2D eigenvalue weighted by Crippen LogP contribution is -2.24. The molecule has 6 heteroatoms. The molecule has 0 radical (unpaired) electrons. The second-order valence-electron chi connectivity index (χ2n) is 4.62. The fourth-order valence-corrected chi connectivity index (χ4v) is 2.23. The van der Waals surface area contributed by atoms with Gasteiger partial charge in [-0.1, -0.05) is 20.8 Å². The first-order valence-corrected chi connectivity index (χ1v) is 7.07. The number of aliphatic hydroxyl groups is 1. The van der Waals surface area contributed by atoms with E-state index in [0.717, 1.165) is 17.7 Å². The predicted molar refractivity (Wildman–Crippen MR) is 77.2 cm³/mol. The summed E-state index contributed by atoms with van der Waals surface area (Å²) >= 11 is 0. The highest BCUT2D eigenvalue weighted by molar-refractivity contribution is 5.95. The number of rotatable bonds is 8. The monoisotopic (exact) mass is 281 g/mol. The Morgan fingerprint density at radius 1 is 1.25 bits per heavy atom. The molecule has 0 aliphatic carbocycles. The van der Waals surface area contributed by atoms with Crippen LogP contribution in [0.25, 0.3) is 0 Å². The second kappa shape index (κ2) is 7.79. The molecule has 0 aliphatic heterocycles. The lowest BCUT2D eigenvalue weighted by atomic mass is 10.0. The molecule has 0 fully saturated rings. The third-order valence-corrected chi connectivity index (χ3v) is 3.37. The maximum Gasteiger partial charge on any atom is 0.339 e. The molecule has 0 aromatic carbocycles. The van der Waals surface area contributed by atoms with Gasteiger partial charge in [0.15, 0.2) is 5.82 Å². The summed E-state index contributed by atoms with van der Waals surface area (Å²) in [6.07, 6.45) is 2.59. The van der Waals surface area contributed by atoms with Crippen LogP contribution in [0.4, 0.5) is 5.82 Å². The molecule has 1 atom stereocenters. The van der Waals surface area contributed by atoms with E-state index in [-0.39, 0.29) is 18.2 Å². The van der Waals surface area contributed by atoms with E-state index in [4.69, 9.17) is 5.11 Å². The fraction of sp³-hybridized carbons (Fsp3) is 0.643. The van der Waals surface area contributed by atoms with Gasteiger partial charge in [-0.05, 0) is 31.2 Å². The van der Waals surface area contributed by atoms with Crippen molar-refractivity contribution in [3.05, 3.63) is 16.8 Å². The number of aliphatic hydroxyl groups excluding tert-OH is 1. The number of nitrogens with one attached hydrogen (secondary N) is 1. The molecule has 112 valence electrons. The van der Waals surface area contributed by atoms with E-state index in [1.807, 2.05) is 20.8 Å². The zero-order chi connectivity index (χ0) is 15.1. The highest BCUT2D eigenvalue weighted by Crippen LogP contribution is 2.22. The molecule has 0 aliphatic rings. The number of aromatic nitrogens is 2. The van der Waals surface area contributed by atoms with Crippen LogP contribution in [0.2, 0.25) is 0 Å². The first-order chi connectivity index (χ1) is 9.58. The number of aromatic carboxylic acids is 1. The van der Waals surface area contributed by atoms with E-state index in [1.54, 1.807) is 0 Å². The standard InChI is InChI=1S/C14H23N3O3/c1-4-9(7-8-18)15-13-12(14(19)20)10(5-2)11(6-3)16-17-13/h9,18H,4-8H2,1-3H3,(H,15,17)(H,19,20). The van der Waals surface area contributed by atoms with Crippen LogP contribution in [0, 0.1) is 0 Å². The minimum Gasteiger partial charge on any atom is -0.478 e. The van der Waals surface area contributed by atoms with Crippen molar-refractivity contribution in [2.75, 3.05) is 11.9 Å². The molecule has 0 spiro atoms. The molecule has 1 rings (SSSR count). The molecule has 0 bridgehead atoms. The lowest BCUT2D eigenvalue weighted by molar-refractivity contribution is 0.0696. The predicted octanol–water partition coefficient (Wildman–Crippen LogP) is 1.87. The van der Waals surface area contributed by atoms with Crippen LogP contribution in [-0.2, 0) is 12.8 Å². The van der Waals surface area contributed by atoms with Crippen LogP contribution in [-0.4, -0.2) is 39.0 Å². The van der Waals surface area contributed by atoms with E-state index in [9.17, 15) is 9.90 Å². The van der Waals surface area contributed by atoms with E-state index in [0.29, 0.717) is 25.1 Å². The van der Waals surface area contributed by atoms with Crippen molar-refractivity contribution in [1.29, 1.82) is 0 Å². The van der Waals surface area contributed by atoms with Crippen molar-refractivity contribution in [3.63, 3.8) is 0 Å². The molecule has 1 aromatic heterocycles. The average Bonchev–Trinajstić information content (AvgIpc) is 2.45. The van der Waals surface area contributed by atoms with Crippen molar-refractivity contribution in [3.8, 4) is 0 Å². The van der Waals surface area contributed by atoms with Crippen molar-refractivity contribution < 1.29 is 15.0 Å². The number of carboxylic acid groups (broad SMARTS) is 1. The van der Waals surface area contributed by atoms with Crippen LogP contribution >= 0.6 is 0 Å². The number of nitrogens with zero attached hydrogens (tertiary/aromatic N) is 2. The number of hydrogen-bond donors (Lipinski definition) is 3. The smallest absolute Gasteiger partial charge is 0.339 e. The summed E-state index contributed by atoms with van der Waals surface area (Å²) in [6.45, 7) is 5.87. The highest BCUT2D eigenvalue weighted by Gasteiger charge is 2.21. The summed E-state index contributed by atoms with van der Waals surface area (Å²) in [5.74, 6) is -0.695. The molecular weight excluding hydrogens is 258 g/mol. The van der Waals surface area contributed by atoms with Crippen molar-refractivity contribution in [2.24, 2.45) is 0 Å². The van der Waals surface area contributed by atoms with Gasteiger partial charge in [0.1, 0.15) is 5.56 Å². The minimum atomic E-state index is -0.993. The Hall–Kier alpha value is -1.69. The SMILES string of the molecule is CCc1nnc(NC(CC)CCO)c(C(=O)O)c1CC. The Bertz CT molecular complexity index is 463. The first-order valence-electron chi connectivity index (χ1n) is 7.07. The normalized spacial score (nSPS) is 12.2. The lowest BCUT2D eigenvalue weighted by Gasteiger charge is -2.19. The second-order valence-corrected chi connectivity index (χ2v) is 4.62. The molecule has 20 heavy (non-hydrogen) atoms. The fourth-order valence-electron chi connectivity index (χ4n) is 2.23. The van der Waals surface area contributed by atoms with Crippen LogP contribution in [0.5, 0.6) is 0 Å². The Balaban J connectivity index is 3.22. The highest BCUT2D eigenvalue weighted by atomic mass is 16.4. The van der Waals surface area contributed by atoms with Gasteiger partial charge in [0, 0.05) is 12.6 Å². The van der Waals surface area contributed by atoms with Crippen molar-refractivity contribution >= 4 is 11.8 Å². The van der Waals surface area contributed by atoms with E-state index >= 15 is 0 Å². The quantitative estimate of drug-likeness (QED) is 0.673. The van der Waals surface area contributed by atoms with Crippen molar-refractivity contribution in [2.45, 2.75) is 52.5 Å². The first kappa shape index (κ1) is 16.4. The number of carboxylic acids is 1. The maximum atomic E-state index is 11.5. The van der Waals surface area contributed by atoms with Gasteiger partial charge in [-0.15, -0.1) is 5.10 Å². The van der Waals surface area contributed by atoms with Crippen molar-refractivity contribution in [1.82, 2.24) is 10.2 Å². The molecular formula is C14H23N3O3. The number of anilines is 1. The largest absolute Gasteiger partial charge is 0.478 e. The molecule has 1 aromatic rings. The summed E-state index contributed by atoms with van der Waals surface area (Å²) in [4.78, 5) is 11.5. The Morgan fingerprint density at radius 3 is 2.40 bits per heavy atom. The Labute approximate surface area is 119 Å². The van der Waals surface area contributed by atoms with Gasteiger partial charge < -0.3 is 15.5 Å². The third kappa shape index (κ3) is 3.66. The van der Waals surface area contributed by atoms with E-state index < -0.39 is 5.97 Å². The molecule has 0 saturated carbocycles. The molecule has 0 amide bonds. The van der Waals surface area contributed by atoms with Gasteiger partial charge in [-0.2, -0.15) is 5.10 Å². The number of aryl methyl sites for hydroxylation is 1. The zero-order valence-corrected chi connectivity index (χ0v) is 12.3. The van der Waals surface area contributed by atoms with Crippen LogP contribution in [0.15, 0.2) is 0 Å². The van der Waals surface area contributed by atoms with Gasteiger partial charge in [-0.3, -0.25) is 0 Å². The maximum absolute atomic E-state index is 11.5. The third-order valence-electron chi connectivity index (χ3n) is 3.37. The van der Waals surface area contributed by atoms with Gasteiger partial charge in [0.05, 0.1) is 5.69 Å². The number of carbonyl (C=O) groups is 1. The molecule has 6 nitrogen and oxygen atoms in total. The van der Waals surface area contributed by atoms with Crippen LogP contribution in [0.3, 0.4) is 0 Å². The summed E-state index contributed by atoms with van der Waals surface area (Å²) in [6, 6.07) is -0.00965. The van der Waals surface area contributed by atoms with Gasteiger partial charge >= 0.3 is 5.97 Å². The topological polar surface area (TPSA) is 95.3 Å². The minimum absolute atomic E-state index is 0.00965. The van der Waals surface area contributed by atoms with Gasteiger partial charge in [0.2, 0.25) is 0 Å². The number of hydrogen-bond acceptors (Lipinski definition) is 5. The Morgan fingerprint density at radius 2 is 1.95 bits per heavy atom. The summed E-state index contributed by atoms with van der Waals surface area (Å²) in [7, 11) is 0. The van der Waals surface area contributed by atoms with E-state index in [2.05, 4.69) is 15.5 Å². The zero-order valence-electron chi connectivity index (χ0n) is 12.3. The van der Waals surface area contributed by atoms with Gasteiger partial charge in [-0.25, -0.2) is 4.79 Å². The van der Waals surface area contributed by atoms with E-state index in [1.165, 1.54) is 0 Å². The molecule has 1 unspecified atom stereocenters. The molecule has 0 saturated heterocycles. The summed E-state index contributed by atoms with van der Waals surface area (Å²) < 4.78 is 0. The Kier molecular flexibility index (Phi) is 6.38.